The lowest BCUT2D eigenvalue weighted by molar-refractivity contribution is 0.517. The number of pyridine rings is 1. The Morgan fingerprint density at radius 1 is 1.27 bits per heavy atom. The number of hydrogen-bond acceptors (Lipinski definition) is 3. The molecule has 2 aromatic heterocycles. The van der Waals surface area contributed by atoms with Gasteiger partial charge in [-0.15, -0.1) is 0 Å². The van der Waals surface area contributed by atoms with Crippen LogP contribution in [0.2, 0.25) is 0 Å². The van der Waals surface area contributed by atoms with Gasteiger partial charge in [-0.05, 0) is 44.2 Å². The van der Waals surface area contributed by atoms with E-state index in [9.17, 15) is 9.18 Å². The van der Waals surface area contributed by atoms with E-state index < -0.39 is 5.82 Å². The van der Waals surface area contributed by atoms with Gasteiger partial charge in [-0.1, -0.05) is 6.07 Å². The van der Waals surface area contributed by atoms with Crippen LogP contribution in [-0.2, 0) is 6.42 Å². The third kappa shape index (κ3) is 2.74. The summed E-state index contributed by atoms with van der Waals surface area (Å²) in [6.45, 7) is 3.86. The van der Waals surface area contributed by atoms with Crippen LogP contribution in [0.4, 0.5) is 4.39 Å². The summed E-state index contributed by atoms with van der Waals surface area (Å²) in [4.78, 5) is 21.2. The maximum atomic E-state index is 13.4. The van der Waals surface area contributed by atoms with Gasteiger partial charge in [-0.2, -0.15) is 0 Å². The molecule has 0 aliphatic carbocycles. The molecule has 0 aliphatic rings. The van der Waals surface area contributed by atoms with Gasteiger partial charge < -0.3 is 0 Å². The lowest BCUT2D eigenvalue weighted by atomic mass is 10.1. The lowest BCUT2D eigenvalue weighted by Crippen LogP contribution is -2.25. The predicted molar refractivity (Wildman–Crippen MR) is 83.4 cm³/mol. The molecule has 0 amide bonds. The minimum atomic E-state index is -0.433. The molecular formula is C17H16FN3O. The zero-order chi connectivity index (χ0) is 15.7. The fraction of sp³-hybridized carbons (Fsp3) is 0.235. The molecule has 0 N–H and O–H groups in total. The third-order valence-corrected chi connectivity index (χ3v) is 3.67. The van der Waals surface area contributed by atoms with Crippen molar-refractivity contribution in [1.82, 2.24) is 14.5 Å². The van der Waals surface area contributed by atoms with Crippen LogP contribution < -0.4 is 5.56 Å². The summed E-state index contributed by atoms with van der Waals surface area (Å²) in [5, 5.41) is 0.298. The van der Waals surface area contributed by atoms with Gasteiger partial charge in [0.2, 0.25) is 0 Å². The van der Waals surface area contributed by atoms with Crippen LogP contribution >= 0.6 is 0 Å². The SMILES string of the molecule is Cc1cccc(C[C@H](C)n2cnc3ccc(F)cc3c2=O)n1. The van der Waals surface area contributed by atoms with Crippen LogP contribution in [0.25, 0.3) is 10.9 Å². The average molecular weight is 297 g/mol. The van der Waals surface area contributed by atoms with Crippen LogP contribution in [0.3, 0.4) is 0 Å². The minimum absolute atomic E-state index is 0.109. The van der Waals surface area contributed by atoms with E-state index in [4.69, 9.17) is 0 Å². The maximum Gasteiger partial charge on any atom is 0.261 e. The van der Waals surface area contributed by atoms with Crippen molar-refractivity contribution >= 4 is 10.9 Å². The number of halogens is 1. The minimum Gasteiger partial charge on any atom is -0.295 e. The Hall–Kier alpha value is -2.56. The van der Waals surface area contributed by atoms with Crippen molar-refractivity contribution in [3.8, 4) is 0 Å². The molecule has 0 unspecified atom stereocenters. The molecule has 0 fully saturated rings. The Morgan fingerprint density at radius 2 is 2.09 bits per heavy atom. The van der Waals surface area contributed by atoms with Crippen molar-refractivity contribution in [1.29, 1.82) is 0 Å². The topological polar surface area (TPSA) is 47.8 Å². The first-order valence-corrected chi connectivity index (χ1v) is 7.13. The molecule has 0 saturated carbocycles. The molecule has 1 aromatic carbocycles. The summed E-state index contributed by atoms with van der Waals surface area (Å²) >= 11 is 0. The second kappa shape index (κ2) is 5.67. The van der Waals surface area contributed by atoms with Gasteiger partial charge >= 0.3 is 0 Å². The van der Waals surface area contributed by atoms with Gasteiger partial charge in [-0.3, -0.25) is 14.3 Å². The standard InChI is InChI=1S/C17H16FN3O/c1-11-4-3-5-14(20-11)8-12(2)21-10-19-16-7-6-13(18)9-15(16)17(21)22/h3-7,9-10,12H,8H2,1-2H3/t12-/m0/s1. The van der Waals surface area contributed by atoms with Crippen molar-refractivity contribution in [2.75, 3.05) is 0 Å². The van der Waals surface area contributed by atoms with Gasteiger partial charge in [0.15, 0.2) is 0 Å². The van der Waals surface area contributed by atoms with E-state index >= 15 is 0 Å². The van der Waals surface area contributed by atoms with Crippen LogP contribution in [0.15, 0.2) is 47.5 Å². The lowest BCUT2D eigenvalue weighted by Gasteiger charge is -2.15. The van der Waals surface area contributed by atoms with Crippen molar-refractivity contribution in [2.24, 2.45) is 0 Å². The molecule has 0 aliphatic heterocycles. The monoisotopic (exact) mass is 297 g/mol. The molecule has 3 aromatic rings. The molecule has 4 nitrogen and oxygen atoms in total. The molecule has 112 valence electrons. The normalized spacial score (nSPS) is 12.5. The fourth-order valence-electron chi connectivity index (χ4n) is 2.54. The summed E-state index contributed by atoms with van der Waals surface area (Å²) in [6, 6.07) is 9.76. The number of hydrogen-bond donors (Lipinski definition) is 0. The predicted octanol–water partition coefficient (Wildman–Crippen LogP) is 3.04. The number of rotatable bonds is 3. The zero-order valence-electron chi connectivity index (χ0n) is 12.5. The second-order valence-corrected chi connectivity index (χ2v) is 5.44. The summed E-state index contributed by atoms with van der Waals surface area (Å²) in [5.74, 6) is -0.433. The van der Waals surface area contributed by atoms with E-state index in [1.54, 1.807) is 0 Å². The highest BCUT2D eigenvalue weighted by molar-refractivity contribution is 5.77. The van der Waals surface area contributed by atoms with E-state index in [-0.39, 0.29) is 11.6 Å². The molecule has 3 rings (SSSR count). The van der Waals surface area contributed by atoms with E-state index in [1.807, 2.05) is 32.0 Å². The first kappa shape index (κ1) is 14.4. The van der Waals surface area contributed by atoms with Crippen LogP contribution in [-0.4, -0.2) is 14.5 Å². The highest BCUT2D eigenvalue weighted by atomic mass is 19.1. The fourth-order valence-corrected chi connectivity index (χ4v) is 2.54. The van der Waals surface area contributed by atoms with Gasteiger partial charge in [-0.25, -0.2) is 9.37 Å². The Morgan fingerprint density at radius 3 is 2.86 bits per heavy atom. The Bertz CT molecular complexity index is 888. The van der Waals surface area contributed by atoms with E-state index in [1.165, 1.54) is 29.1 Å². The number of benzene rings is 1. The Labute approximate surface area is 127 Å². The molecule has 5 heteroatoms. The summed E-state index contributed by atoms with van der Waals surface area (Å²) < 4.78 is 14.9. The van der Waals surface area contributed by atoms with Gasteiger partial charge in [0.1, 0.15) is 5.82 Å². The van der Waals surface area contributed by atoms with Crippen molar-refractivity contribution in [3.63, 3.8) is 0 Å². The Balaban J connectivity index is 1.99. The molecule has 0 radical (unpaired) electrons. The Kier molecular flexibility index (Phi) is 3.71. The molecule has 0 bridgehead atoms. The molecule has 22 heavy (non-hydrogen) atoms. The van der Waals surface area contributed by atoms with E-state index in [2.05, 4.69) is 9.97 Å². The van der Waals surface area contributed by atoms with Crippen LogP contribution in [0.5, 0.6) is 0 Å². The highest BCUT2D eigenvalue weighted by Crippen LogP contribution is 2.14. The van der Waals surface area contributed by atoms with Crippen LogP contribution in [0.1, 0.15) is 24.4 Å². The van der Waals surface area contributed by atoms with Crippen molar-refractivity contribution in [3.05, 3.63) is 70.3 Å². The maximum absolute atomic E-state index is 13.4. The third-order valence-electron chi connectivity index (χ3n) is 3.67. The van der Waals surface area contributed by atoms with E-state index in [0.29, 0.717) is 17.3 Å². The summed E-state index contributed by atoms with van der Waals surface area (Å²) in [6.07, 6.45) is 2.13. The number of fused-ring (bicyclic) bond motifs is 1. The van der Waals surface area contributed by atoms with Crippen molar-refractivity contribution in [2.45, 2.75) is 26.3 Å². The van der Waals surface area contributed by atoms with Gasteiger partial charge in [0.25, 0.3) is 5.56 Å². The molecule has 0 saturated heterocycles. The number of nitrogens with zero attached hydrogens (tertiary/aromatic N) is 3. The summed E-state index contributed by atoms with van der Waals surface area (Å²) in [5.41, 5.74) is 2.13. The van der Waals surface area contributed by atoms with Gasteiger partial charge in [0, 0.05) is 23.9 Å². The number of aryl methyl sites for hydroxylation is 1. The highest BCUT2D eigenvalue weighted by Gasteiger charge is 2.12. The molecule has 2 heterocycles. The van der Waals surface area contributed by atoms with Gasteiger partial charge in [0.05, 0.1) is 17.2 Å². The smallest absolute Gasteiger partial charge is 0.261 e. The zero-order valence-corrected chi connectivity index (χ0v) is 12.5. The quantitative estimate of drug-likeness (QED) is 0.746. The molecular weight excluding hydrogens is 281 g/mol. The van der Waals surface area contributed by atoms with E-state index in [0.717, 1.165) is 11.4 Å². The molecule has 1 atom stereocenters. The van der Waals surface area contributed by atoms with Crippen molar-refractivity contribution < 1.29 is 4.39 Å². The van der Waals surface area contributed by atoms with Crippen LogP contribution in [0, 0.1) is 12.7 Å². The average Bonchev–Trinajstić information content (AvgIpc) is 2.48. The molecule has 0 spiro atoms. The number of aromatic nitrogens is 3. The summed E-state index contributed by atoms with van der Waals surface area (Å²) in [7, 11) is 0. The second-order valence-electron chi connectivity index (χ2n) is 5.44. The first-order chi connectivity index (χ1) is 10.5. The first-order valence-electron chi connectivity index (χ1n) is 7.13. The largest absolute Gasteiger partial charge is 0.295 e.